The van der Waals surface area contributed by atoms with Gasteiger partial charge in [0.25, 0.3) is 0 Å². The van der Waals surface area contributed by atoms with Crippen molar-refractivity contribution in [3.8, 4) is 17.2 Å². The van der Waals surface area contributed by atoms with E-state index in [9.17, 15) is 15.2 Å². The lowest BCUT2D eigenvalue weighted by Gasteiger charge is -2.44. The molecule has 3 aromatic carbocycles. The second-order valence-corrected chi connectivity index (χ2v) is 10.1. The number of hydrogen-bond acceptors (Lipinski definition) is 4. The number of carbonyl (C=O) groups excluding carboxylic acids is 1. The summed E-state index contributed by atoms with van der Waals surface area (Å²) in [6.45, 7) is 2.23. The molecule has 2 bridgehead atoms. The summed E-state index contributed by atoms with van der Waals surface area (Å²) in [7, 11) is 0. The lowest BCUT2D eigenvalue weighted by Crippen LogP contribution is -2.52. The standard InChI is InChI=1S/C30H28N2O3/c1-19-7-6-8-20(17-31)28(19)30(34)15-21-13-14-22(16-30)32(21)29(33)35-18-27-25-11-4-2-9-23(25)24-10-3-5-12-26(24)27/h2-12,21-22,27,34H,13-16,18H2,1H3. The van der Waals surface area contributed by atoms with Crippen LogP contribution < -0.4 is 0 Å². The Kier molecular flexibility index (Phi) is 5.16. The summed E-state index contributed by atoms with van der Waals surface area (Å²) in [5, 5.41) is 21.4. The summed E-state index contributed by atoms with van der Waals surface area (Å²) in [6.07, 6.45) is 2.22. The fourth-order valence-corrected chi connectivity index (χ4v) is 6.77. The van der Waals surface area contributed by atoms with Crippen molar-refractivity contribution >= 4 is 6.09 Å². The van der Waals surface area contributed by atoms with E-state index in [1.54, 1.807) is 6.07 Å². The molecule has 1 aliphatic carbocycles. The Hall–Kier alpha value is -3.62. The van der Waals surface area contributed by atoms with Gasteiger partial charge in [0.15, 0.2) is 0 Å². The van der Waals surface area contributed by atoms with Crippen molar-refractivity contribution in [3.63, 3.8) is 0 Å². The van der Waals surface area contributed by atoms with Crippen LogP contribution in [-0.2, 0) is 10.3 Å². The van der Waals surface area contributed by atoms with Gasteiger partial charge in [-0.15, -0.1) is 0 Å². The van der Waals surface area contributed by atoms with Crippen LogP contribution in [0.1, 0.15) is 59.4 Å². The Morgan fingerprint density at radius 1 is 1.00 bits per heavy atom. The number of fused-ring (bicyclic) bond motifs is 5. The van der Waals surface area contributed by atoms with Gasteiger partial charge < -0.3 is 14.7 Å². The molecule has 5 nitrogen and oxygen atoms in total. The second-order valence-electron chi connectivity index (χ2n) is 10.1. The number of benzene rings is 3. The quantitative estimate of drug-likeness (QED) is 0.545. The third-order valence-electron chi connectivity index (χ3n) is 8.17. The average molecular weight is 465 g/mol. The minimum atomic E-state index is -1.11. The number of amides is 1. The molecule has 35 heavy (non-hydrogen) atoms. The molecule has 5 heteroatoms. The molecule has 0 saturated carbocycles. The molecule has 6 rings (SSSR count). The number of aryl methyl sites for hydroxylation is 1. The van der Waals surface area contributed by atoms with Crippen molar-refractivity contribution in [1.82, 2.24) is 4.90 Å². The highest BCUT2D eigenvalue weighted by atomic mass is 16.6. The minimum Gasteiger partial charge on any atom is -0.448 e. The average Bonchev–Trinajstić information content (AvgIpc) is 3.34. The van der Waals surface area contributed by atoms with Gasteiger partial charge in [0.2, 0.25) is 0 Å². The van der Waals surface area contributed by atoms with E-state index in [-0.39, 0.29) is 24.1 Å². The molecule has 1 amide bonds. The lowest BCUT2D eigenvalue weighted by molar-refractivity contribution is -0.0536. The first-order valence-corrected chi connectivity index (χ1v) is 12.4. The smallest absolute Gasteiger partial charge is 0.410 e. The van der Waals surface area contributed by atoms with Gasteiger partial charge in [0, 0.05) is 36.4 Å². The highest BCUT2D eigenvalue weighted by Gasteiger charge is 2.51. The monoisotopic (exact) mass is 464 g/mol. The third kappa shape index (κ3) is 3.44. The van der Waals surface area contributed by atoms with Gasteiger partial charge in [-0.1, -0.05) is 60.7 Å². The fourth-order valence-electron chi connectivity index (χ4n) is 6.77. The largest absolute Gasteiger partial charge is 0.448 e. The van der Waals surface area contributed by atoms with E-state index in [2.05, 4.69) is 30.3 Å². The highest BCUT2D eigenvalue weighted by molar-refractivity contribution is 5.79. The number of piperidine rings is 1. The normalized spacial score (nSPS) is 24.5. The maximum atomic E-state index is 13.3. The maximum Gasteiger partial charge on any atom is 0.410 e. The molecule has 1 N–H and O–H groups in total. The Labute approximate surface area is 205 Å². The molecule has 2 unspecified atom stereocenters. The van der Waals surface area contributed by atoms with E-state index in [4.69, 9.17) is 4.74 Å². The zero-order chi connectivity index (χ0) is 24.2. The van der Waals surface area contributed by atoms with Crippen LogP contribution in [0, 0.1) is 18.3 Å². The number of ether oxygens (including phenoxy) is 1. The van der Waals surface area contributed by atoms with Gasteiger partial charge in [0.05, 0.1) is 17.2 Å². The number of hydrogen-bond donors (Lipinski definition) is 1. The van der Waals surface area contributed by atoms with Gasteiger partial charge in [-0.25, -0.2) is 4.79 Å². The van der Waals surface area contributed by atoms with Crippen molar-refractivity contribution in [2.75, 3.05) is 6.61 Å². The maximum absolute atomic E-state index is 13.3. The molecule has 2 saturated heterocycles. The summed E-state index contributed by atoms with van der Waals surface area (Å²) in [4.78, 5) is 15.2. The Balaban J connectivity index is 1.21. The van der Waals surface area contributed by atoms with Crippen LogP contribution in [0.3, 0.4) is 0 Å². The van der Waals surface area contributed by atoms with E-state index in [1.165, 1.54) is 22.3 Å². The predicted molar refractivity (Wildman–Crippen MR) is 133 cm³/mol. The van der Waals surface area contributed by atoms with Crippen molar-refractivity contribution in [1.29, 1.82) is 5.26 Å². The van der Waals surface area contributed by atoms with E-state index in [0.717, 1.165) is 18.4 Å². The van der Waals surface area contributed by atoms with Gasteiger partial charge in [0.1, 0.15) is 6.61 Å². The van der Waals surface area contributed by atoms with Gasteiger partial charge in [-0.05, 0) is 53.6 Å². The number of carbonyl (C=O) groups is 1. The van der Waals surface area contributed by atoms with E-state index in [1.807, 2.05) is 48.2 Å². The third-order valence-corrected chi connectivity index (χ3v) is 8.17. The molecule has 3 aromatic rings. The second kappa shape index (κ2) is 8.25. The topological polar surface area (TPSA) is 73.6 Å². The van der Waals surface area contributed by atoms with Gasteiger partial charge in [-0.2, -0.15) is 5.26 Å². The van der Waals surface area contributed by atoms with Gasteiger partial charge >= 0.3 is 6.09 Å². The molecule has 2 aliphatic heterocycles. The van der Waals surface area contributed by atoms with Crippen LogP contribution in [0.25, 0.3) is 11.1 Å². The number of aliphatic hydroxyl groups is 1. The molecule has 3 aliphatic rings. The molecule has 2 atom stereocenters. The SMILES string of the molecule is Cc1cccc(C#N)c1C1(O)CC2CCC(C1)N2C(=O)OCC1c2ccccc2-c2ccccc21. The first kappa shape index (κ1) is 21.9. The van der Waals surface area contributed by atoms with Crippen LogP contribution in [0.2, 0.25) is 0 Å². The first-order chi connectivity index (χ1) is 17.0. The van der Waals surface area contributed by atoms with Crippen molar-refractivity contribution in [2.45, 2.75) is 56.2 Å². The summed E-state index contributed by atoms with van der Waals surface area (Å²) in [5.41, 5.74) is 5.84. The van der Waals surface area contributed by atoms with Crippen LogP contribution in [-0.4, -0.2) is 34.8 Å². The molecule has 0 spiro atoms. The fraction of sp³-hybridized carbons (Fsp3) is 0.333. The molecule has 2 fully saturated rings. The van der Waals surface area contributed by atoms with E-state index in [0.29, 0.717) is 30.6 Å². The Bertz CT molecular complexity index is 1300. The number of rotatable bonds is 3. The molecular weight excluding hydrogens is 436 g/mol. The summed E-state index contributed by atoms with van der Waals surface area (Å²) in [6, 6.07) is 24.3. The lowest BCUT2D eigenvalue weighted by atomic mass is 9.77. The molecule has 0 aromatic heterocycles. The predicted octanol–water partition coefficient (Wildman–Crippen LogP) is 5.63. The van der Waals surface area contributed by atoms with E-state index >= 15 is 0 Å². The van der Waals surface area contributed by atoms with Crippen molar-refractivity contribution in [3.05, 3.63) is 94.5 Å². The van der Waals surface area contributed by atoms with Crippen molar-refractivity contribution in [2.24, 2.45) is 0 Å². The molecule has 2 heterocycles. The van der Waals surface area contributed by atoms with Crippen LogP contribution in [0.15, 0.2) is 66.7 Å². The Morgan fingerprint density at radius 2 is 1.60 bits per heavy atom. The van der Waals surface area contributed by atoms with Crippen LogP contribution >= 0.6 is 0 Å². The first-order valence-electron chi connectivity index (χ1n) is 12.4. The number of nitriles is 1. The summed E-state index contributed by atoms with van der Waals surface area (Å²) in [5.74, 6) is 0.0240. The molecular formula is C30H28N2O3. The molecule has 176 valence electrons. The summed E-state index contributed by atoms with van der Waals surface area (Å²) < 4.78 is 5.96. The van der Waals surface area contributed by atoms with Crippen LogP contribution in [0.5, 0.6) is 0 Å². The minimum absolute atomic E-state index is 0.0240. The van der Waals surface area contributed by atoms with E-state index < -0.39 is 5.60 Å². The van der Waals surface area contributed by atoms with Crippen molar-refractivity contribution < 1.29 is 14.6 Å². The van der Waals surface area contributed by atoms with Crippen LogP contribution in [0.4, 0.5) is 4.79 Å². The summed E-state index contributed by atoms with van der Waals surface area (Å²) >= 11 is 0. The van der Waals surface area contributed by atoms with Gasteiger partial charge in [-0.3, -0.25) is 0 Å². The zero-order valence-corrected chi connectivity index (χ0v) is 19.8. The number of nitrogens with zero attached hydrogens (tertiary/aromatic N) is 2. The zero-order valence-electron chi connectivity index (χ0n) is 19.8. The Morgan fingerprint density at radius 3 is 2.20 bits per heavy atom. The highest BCUT2D eigenvalue weighted by Crippen LogP contribution is 2.48. The molecule has 0 radical (unpaired) electrons.